The zero-order valence-corrected chi connectivity index (χ0v) is 14.8. The Balaban J connectivity index is 2.01. The molecule has 0 amide bonds. The maximum Gasteiger partial charge on any atom is 0.192 e. The van der Waals surface area contributed by atoms with Gasteiger partial charge in [0.05, 0.1) is 6.61 Å². The summed E-state index contributed by atoms with van der Waals surface area (Å²) in [5, 5.41) is 15.2. The molecule has 1 aromatic rings. The highest BCUT2D eigenvalue weighted by Gasteiger charge is 2.16. The average molecular weight is 322 g/mol. The molecule has 7 heteroatoms. The van der Waals surface area contributed by atoms with Crippen molar-refractivity contribution in [2.24, 2.45) is 12.0 Å². The monoisotopic (exact) mass is 322 g/mol. The number of rotatable bonds is 6. The lowest BCUT2D eigenvalue weighted by molar-refractivity contribution is 0.178. The number of aromatic nitrogens is 3. The van der Waals surface area contributed by atoms with E-state index in [1.54, 1.807) is 7.11 Å². The van der Waals surface area contributed by atoms with E-state index in [2.05, 4.69) is 27.8 Å². The summed E-state index contributed by atoms with van der Waals surface area (Å²) in [5.74, 6) is 2.60. The standard InChI is InChI=1S/C16H30N6O/c1-12(11-23-4)18-16(19-14-8-6-5-7-9-14)17-10-15-21-20-13(2)22(15)3/h12,14H,5-11H2,1-4H3,(H2,17,18,19). The summed E-state index contributed by atoms with van der Waals surface area (Å²) in [4.78, 5) is 4.70. The molecule has 0 radical (unpaired) electrons. The molecule has 1 saturated carbocycles. The number of methoxy groups -OCH3 is 1. The average Bonchev–Trinajstić information content (AvgIpc) is 2.85. The summed E-state index contributed by atoms with van der Waals surface area (Å²) < 4.78 is 7.18. The van der Waals surface area contributed by atoms with E-state index in [1.807, 2.05) is 18.5 Å². The molecule has 1 aromatic heterocycles. The van der Waals surface area contributed by atoms with Crippen LogP contribution in [0.15, 0.2) is 4.99 Å². The number of aliphatic imine (C=N–C) groups is 1. The van der Waals surface area contributed by atoms with Crippen LogP contribution in [-0.4, -0.2) is 46.5 Å². The summed E-state index contributed by atoms with van der Waals surface area (Å²) in [6.45, 7) is 5.20. The molecule has 1 heterocycles. The number of hydrogen-bond acceptors (Lipinski definition) is 4. The van der Waals surface area contributed by atoms with Gasteiger partial charge in [-0.15, -0.1) is 10.2 Å². The molecule has 0 spiro atoms. The van der Waals surface area contributed by atoms with Crippen LogP contribution in [-0.2, 0) is 18.3 Å². The first kappa shape index (κ1) is 17.7. The van der Waals surface area contributed by atoms with Gasteiger partial charge < -0.3 is 19.9 Å². The van der Waals surface area contributed by atoms with E-state index < -0.39 is 0 Å². The number of aryl methyl sites for hydroxylation is 1. The molecule has 7 nitrogen and oxygen atoms in total. The van der Waals surface area contributed by atoms with Gasteiger partial charge in [0.1, 0.15) is 12.4 Å². The highest BCUT2D eigenvalue weighted by Crippen LogP contribution is 2.17. The van der Waals surface area contributed by atoms with Crippen molar-refractivity contribution < 1.29 is 4.74 Å². The molecule has 2 rings (SSSR count). The van der Waals surface area contributed by atoms with E-state index in [-0.39, 0.29) is 6.04 Å². The predicted octanol–water partition coefficient (Wildman–Crippen LogP) is 1.53. The lowest BCUT2D eigenvalue weighted by Gasteiger charge is -2.26. The molecule has 1 unspecified atom stereocenters. The molecule has 1 aliphatic rings. The van der Waals surface area contributed by atoms with Gasteiger partial charge in [-0.2, -0.15) is 0 Å². The quantitative estimate of drug-likeness (QED) is 0.613. The minimum absolute atomic E-state index is 0.205. The molecular formula is C16H30N6O. The summed E-state index contributed by atoms with van der Waals surface area (Å²) in [7, 11) is 3.68. The van der Waals surface area contributed by atoms with Crippen molar-refractivity contribution in [3.05, 3.63) is 11.6 Å². The van der Waals surface area contributed by atoms with E-state index >= 15 is 0 Å². The van der Waals surface area contributed by atoms with Crippen molar-refractivity contribution in [3.8, 4) is 0 Å². The summed E-state index contributed by atoms with van der Waals surface area (Å²) >= 11 is 0. The van der Waals surface area contributed by atoms with Gasteiger partial charge in [0.2, 0.25) is 0 Å². The number of nitrogens with one attached hydrogen (secondary N) is 2. The first-order chi connectivity index (χ1) is 11.1. The Labute approximate surface area is 138 Å². The Morgan fingerprint density at radius 2 is 2.09 bits per heavy atom. The number of guanidine groups is 1. The van der Waals surface area contributed by atoms with Gasteiger partial charge in [0, 0.05) is 26.2 Å². The second kappa shape index (κ2) is 8.86. The lowest BCUT2D eigenvalue weighted by Crippen LogP contribution is -2.48. The zero-order valence-electron chi connectivity index (χ0n) is 14.8. The molecule has 0 saturated heterocycles. The topological polar surface area (TPSA) is 76.4 Å². The van der Waals surface area contributed by atoms with E-state index in [4.69, 9.17) is 9.73 Å². The van der Waals surface area contributed by atoms with Crippen LogP contribution >= 0.6 is 0 Å². The third-order valence-corrected chi connectivity index (χ3v) is 4.31. The Kier molecular flexibility index (Phi) is 6.83. The highest BCUT2D eigenvalue weighted by atomic mass is 16.5. The van der Waals surface area contributed by atoms with Crippen molar-refractivity contribution in [3.63, 3.8) is 0 Å². The molecule has 2 N–H and O–H groups in total. The maximum atomic E-state index is 5.21. The van der Waals surface area contributed by atoms with E-state index in [0.29, 0.717) is 19.2 Å². The van der Waals surface area contributed by atoms with Crippen LogP contribution < -0.4 is 10.6 Å². The largest absolute Gasteiger partial charge is 0.383 e. The fraction of sp³-hybridized carbons (Fsp3) is 0.812. The van der Waals surface area contributed by atoms with Gasteiger partial charge >= 0.3 is 0 Å². The zero-order chi connectivity index (χ0) is 16.7. The van der Waals surface area contributed by atoms with E-state index in [0.717, 1.165) is 17.6 Å². The van der Waals surface area contributed by atoms with Gasteiger partial charge in [-0.1, -0.05) is 19.3 Å². The van der Waals surface area contributed by atoms with Crippen LogP contribution in [0.25, 0.3) is 0 Å². The lowest BCUT2D eigenvalue weighted by atomic mass is 9.96. The molecule has 1 aliphatic carbocycles. The fourth-order valence-electron chi connectivity index (χ4n) is 2.84. The van der Waals surface area contributed by atoms with Gasteiger partial charge in [-0.25, -0.2) is 4.99 Å². The Hall–Kier alpha value is -1.63. The highest BCUT2D eigenvalue weighted by molar-refractivity contribution is 5.80. The molecule has 23 heavy (non-hydrogen) atoms. The molecule has 0 bridgehead atoms. The first-order valence-corrected chi connectivity index (χ1v) is 8.51. The number of hydrogen-bond donors (Lipinski definition) is 2. The second-order valence-corrected chi connectivity index (χ2v) is 6.37. The normalized spacial score (nSPS) is 18.0. The molecule has 1 fully saturated rings. The van der Waals surface area contributed by atoms with E-state index in [9.17, 15) is 0 Å². The van der Waals surface area contributed by atoms with Crippen LogP contribution in [0, 0.1) is 6.92 Å². The Bertz CT molecular complexity index is 507. The molecule has 0 aliphatic heterocycles. The van der Waals surface area contributed by atoms with Crippen LogP contribution in [0.1, 0.15) is 50.7 Å². The number of ether oxygens (including phenoxy) is 1. The van der Waals surface area contributed by atoms with Crippen molar-refractivity contribution in [2.45, 2.75) is 64.6 Å². The molecule has 1 atom stereocenters. The smallest absolute Gasteiger partial charge is 0.192 e. The third kappa shape index (κ3) is 5.49. The van der Waals surface area contributed by atoms with Gasteiger partial charge in [-0.3, -0.25) is 0 Å². The van der Waals surface area contributed by atoms with Gasteiger partial charge in [0.25, 0.3) is 0 Å². The minimum atomic E-state index is 0.205. The van der Waals surface area contributed by atoms with Crippen LogP contribution in [0.4, 0.5) is 0 Å². The summed E-state index contributed by atoms with van der Waals surface area (Å²) in [6, 6.07) is 0.710. The predicted molar refractivity (Wildman–Crippen MR) is 91.4 cm³/mol. The molecular weight excluding hydrogens is 292 g/mol. The fourth-order valence-corrected chi connectivity index (χ4v) is 2.84. The van der Waals surface area contributed by atoms with Crippen LogP contribution in [0.3, 0.4) is 0 Å². The molecule has 130 valence electrons. The SMILES string of the molecule is COCC(C)NC(=NCc1nnc(C)n1C)NC1CCCCC1. The third-order valence-electron chi connectivity index (χ3n) is 4.31. The van der Waals surface area contributed by atoms with Crippen LogP contribution in [0.2, 0.25) is 0 Å². The second-order valence-electron chi connectivity index (χ2n) is 6.37. The Morgan fingerprint density at radius 3 is 2.70 bits per heavy atom. The Morgan fingerprint density at radius 1 is 1.35 bits per heavy atom. The van der Waals surface area contributed by atoms with Gasteiger partial charge in [0.15, 0.2) is 11.8 Å². The first-order valence-electron chi connectivity index (χ1n) is 8.51. The molecule has 0 aromatic carbocycles. The van der Waals surface area contributed by atoms with Crippen molar-refractivity contribution in [1.29, 1.82) is 0 Å². The minimum Gasteiger partial charge on any atom is -0.383 e. The van der Waals surface area contributed by atoms with Crippen molar-refractivity contribution in [1.82, 2.24) is 25.4 Å². The maximum absolute atomic E-state index is 5.21. The summed E-state index contributed by atoms with van der Waals surface area (Å²) in [6.07, 6.45) is 6.35. The van der Waals surface area contributed by atoms with Gasteiger partial charge in [-0.05, 0) is 26.7 Å². The van der Waals surface area contributed by atoms with Crippen LogP contribution in [0.5, 0.6) is 0 Å². The van der Waals surface area contributed by atoms with E-state index in [1.165, 1.54) is 32.1 Å². The number of nitrogens with zero attached hydrogens (tertiary/aromatic N) is 4. The van der Waals surface area contributed by atoms with Crippen molar-refractivity contribution in [2.75, 3.05) is 13.7 Å². The van der Waals surface area contributed by atoms with Crippen molar-refractivity contribution >= 4 is 5.96 Å². The summed E-state index contributed by atoms with van der Waals surface area (Å²) in [5.41, 5.74) is 0.